The summed E-state index contributed by atoms with van der Waals surface area (Å²) in [4.78, 5) is 7.66. The molecule has 3 rings (SSSR count). The molecule has 3 heteroatoms. The van der Waals surface area contributed by atoms with Crippen molar-refractivity contribution in [3.63, 3.8) is 0 Å². The zero-order chi connectivity index (χ0) is 16.2. The Kier molecular flexibility index (Phi) is 5.37. The van der Waals surface area contributed by atoms with E-state index in [-0.39, 0.29) is 0 Å². The Morgan fingerprint density at radius 3 is 2.39 bits per heavy atom. The third-order valence-corrected chi connectivity index (χ3v) is 5.18. The van der Waals surface area contributed by atoms with Crippen LogP contribution in [0.4, 0.5) is 0 Å². The normalized spacial score (nSPS) is 18.4. The highest BCUT2D eigenvalue weighted by molar-refractivity contribution is 5.76. The van der Waals surface area contributed by atoms with Crippen molar-refractivity contribution in [3.05, 3.63) is 30.1 Å². The molecule has 2 heterocycles. The van der Waals surface area contributed by atoms with E-state index in [4.69, 9.17) is 4.98 Å². The standard InChI is InChI=1S/C20H31N3/c1-16(2)12-15-23-19-11-7-6-10-18(19)21-20(23)17(3)22-13-8-4-5-9-14-22/h6-7,10-11,16-17H,4-5,8-9,12-15H2,1-3H3. The van der Waals surface area contributed by atoms with Gasteiger partial charge in [0.1, 0.15) is 5.82 Å². The molecule has 1 saturated heterocycles. The second-order valence-corrected chi connectivity index (χ2v) is 7.42. The predicted molar refractivity (Wildman–Crippen MR) is 97.6 cm³/mol. The molecule has 1 aromatic carbocycles. The number of aromatic nitrogens is 2. The Balaban J connectivity index is 1.92. The molecule has 0 radical (unpaired) electrons. The second-order valence-electron chi connectivity index (χ2n) is 7.42. The van der Waals surface area contributed by atoms with Crippen LogP contribution >= 0.6 is 0 Å². The lowest BCUT2D eigenvalue weighted by Crippen LogP contribution is -2.30. The summed E-state index contributed by atoms with van der Waals surface area (Å²) in [6.07, 6.45) is 6.63. The molecule has 1 atom stereocenters. The molecule has 0 spiro atoms. The van der Waals surface area contributed by atoms with Crippen molar-refractivity contribution in [3.8, 4) is 0 Å². The van der Waals surface area contributed by atoms with Crippen LogP contribution in [0.15, 0.2) is 24.3 Å². The molecule has 1 aliphatic heterocycles. The van der Waals surface area contributed by atoms with Gasteiger partial charge in [0.2, 0.25) is 0 Å². The van der Waals surface area contributed by atoms with Crippen molar-refractivity contribution in [1.82, 2.24) is 14.5 Å². The van der Waals surface area contributed by atoms with Crippen molar-refractivity contribution < 1.29 is 0 Å². The maximum atomic E-state index is 5.02. The number of benzene rings is 1. The minimum Gasteiger partial charge on any atom is -0.327 e. The maximum absolute atomic E-state index is 5.02. The molecule has 0 N–H and O–H groups in total. The molecular weight excluding hydrogens is 282 g/mol. The Hall–Kier alpha value is -1.35. The molecule has 1 aliphatic rings. The summed E-state index contributed by atoms with van der Waals surface area (Å²) in [5.41, 5.74) is 2.44. The van der Waals surface area contributed by atoms with Crippen molar-refractivity contribution in [2.24, 2.45) is 5.92 Å². The number of imidazole rings is 1. The highest BCUT2D eigenvalue weighted by atomic mass is 15.2. The first-order chi connectivity index (χ1) is 11.2. The molecule has 0 amide bonds. The minimum atomic E-state index is 0.410. The van der Waals surface area contributed by atoms with Gasteiger partial charge in [-0.3, -0.25) is 4.90 Å². The van der Waals surface area contributed by atoms with Crippen LogP contribution in [-0.2, 0) is 6.54 Å². The molecule has 1 aromatic heterocycles. The van der Waals surface area contributed by atoms with Gasteiger partial charge < -0.3 is 4.57 Å². The second kappa shape index (κ2) is 7.48. The van der Waals surface area contributed by atoms with E-state index in [1.807, 2.05) is 0 Å². The van der Waals surface area contributed by atoms with E-state index in [0.29, 0.717) is 6.04 Å². The average Bonchev–Trinajstić information content (AvgIpc) is 2.71. The topological polar surface area (TPSA) is 21.1 Å². The number of para-hydroxylation sites is 2. The van der Waals surface area contributed by atoms with E-state index in [2.05, 4.69) is 54.5 Å². The van der Waals surface area contributed by atoms with Gasteiger partial charge in [0, 0.05) is 6.54 Å². The molecule has 0 bridgehead atoms. The number of fused-ring (bicyclic) bond motifs is 1. The summed E-state index contributed by atoms with van der Waals surface area (Å²) in [6.45, 7) is 10.5. The first-order valence-corrected chi connectivity index (χ1v) is 9.36. The van der Waals surface area contributed by atoms with Crippen LogP contribution in [0.3, 0.4) is 0 Å². The third-order valence-electron chi connectivity index (χ3n) is 5.18. The summed E-state index contributed by atoms with van der Waals surface area (Å²) in [5.74, 6) is 1.98. The molecule has 1 unspecified atom stereocenters. The van der Waals surface area contributed by atoms with Crippen molar-refractivity contribution >= 4 is 11.0 Å². The highest BCUT2D eigenvalue weighted by Gasteiger charge is 2.23. The number of hydrogen-bond acceptors (Lipinski definition) is 2. The van der Waals surface area contributed by atoms with Gasteiger partial charge in [0.25, 0.3) is 0 Å². The lowest BCUT2D eigenvalue weighted by molar-refractivity contribution is 0.207. The van der Waals surface area contributed by atoms with Crippen molar-refractivity contribution in [2.45, 2.75) is 65.5 Å². The summed E-state index contributed by atoms with van der Waals surface area (Å²) < 4.78 is 2.48. The van der Waals surface area contributed by atoms with Crippen LogP contribution in [0, 0.1) is 5.92 Å². The van der Waals surface area contributed by atoms with Gasteiger partial charge in [-0.25, -0.2) is 4.98 Å². The first kappa shape index (κ1) is 16.5. The zero-order valence-corrected chi connectivity index (χ0v) is 15.0. The van der Waals surface area contributed by atoms with Crippen molar-refractivity contribution in [1.29, 1.82) is 0 Å². The SMILES string of the molecule is CC(C)CCn1c(C(C)N2CCCCCC2)nc2ccccc21. The number of aryl methyl sites for hydroxylation is 1. The molecule has 0 aliphatic carbocycles. The summed E-state index contributed by atoms with van der Waals surface area (Å²) >= 11 is 0. The summed E-state index contributed by atoms with van der Waals surface area (Å²) in [5, 5.41) is 0. The molecule has 1 fully saturated rings. The summed E-state index contributed by atoms with van der Waals surface area (Å²) in [6, 6.07) is 9.02. The smallest absolute Gasteiger partial charge is 0.127 e. The Morgan fingerprint density at radius 1 is 1.00 bits per heavy atom. The fourth-order valence-electron chi connectivity index (χ4n) is 3.68. The van der Waals surface area contributed by atoms with Crippen molar-refractivity contribution in [2.75, 3.05) is 13.1 Å². The molecule has 126 valence electrons. The van der Waals surface area contributed by atoms with Gasteiger partial charge >= 0.3 is 0 Å². The van der Waals surface area contributed by atoms with Gasteiger partial charge in [-0.2, -0.15) is 0 Å². The first-order valence-electron chi connectivity index (χ1n) is 9.36. The molecular formula is C20H31N3. The van der Waals surface area contributed by atoms with E-state index in [1.165, 1.54) is 56.5 Å². The van der Waals surface area contributed by atoms with Gasteiger partial charge in [-0.1, -0.05) is 38.8 Å². The molecule has 0 saturated carbocycles. The lowest BCUT2D eigenvalue weighted by atomic mass is 10.1. The number of hydrogen-bond donors (Lipinski definition) is 0. The molecule has 2 aromatic rings. The van der Waals surface area contributed by atoms with E-state index in [9.17, 15) is 0 Å². The Morgan fingerprint density at radius 2 is 1.70 bits per heavy atom. The lowest BCUT2D eigenvalue weighted by Gasteiger charge is -2.28. The maximum Gasteiger partial charge on any atom is 0.127 e. The molecule has 3 nitrogen and oxygen atoms in total. The third kappa shape index (κ3) is 3.77. The van der Waals surface area contributed by atoms with Crippen LogP contribution < -0.4 is 0 Å². The Labute approximate surface area is 140 Å². The summed E-state index contributed by atoms with van der Waals surface area (Å²) in [7, 11) is 0. The zero-order valence-electron chi connectivity index (χ0n) is 15.0. The van der Waals surface area contributed by atoms with Gasteiger partial charge in [0.15, 0.2) is 0 Å². The van der Waals surface area contributed by atoms with Gasteiger partial charge in [-0.15, -0.1) is 0 Å². The van der Waals surface area contributed by atoms with Crippen LogP contribution in [0.5, 0.6) is 0 Å². The average molecular weight is 313 g/mol. The largest absolute Gasteiger partial charge is 0.327 e. The highest BCUT2D eigenvalue weighted by Crippen LogP contribution is 2.27. The van der Waals surface area contributed by atoms with E-state index < -0.39 is 0 Å². The molecule has 23 heavy (non-hydrogen) atoms. The van der Waals surface area contributed by atoms with Gasteiger partial charge in [0.05, 0.1) is 17.1 Å². The van der Waals surface area contributed by atoms with E-state index in [0.717, 1.165) is 18.0 Å². The van der Waals surface area contributed by atoms with Crippen LogP contribution in [0.25, 0.3) is 11.0 Å². The minimum absolute atomic E-state index is 0.410. The monoisotopic (exact) mass is 313 g/mol. The van der Waals surface area contributed by atoms with E-state index in [1.54, 1.807) is 0 Å². The fourth-order valence-corrected chi connectivity index (χ4v) is 3.68. The quantitative estimate of drug-likeness (QED) is 0.773. The number of likely N-dealkylation sites (tertiary alicyclic amines) is 1. The number of rotatable bonds is 5. The van der Waals surface area contributed by atoms with Crippen LogP contribution in [0.2, 0.25) is 0 Å². The van der Waals surface area contributed by atoms with Crippen LogP contribution in [-0.4, -0.2) is 27.5 Å². The predicted octanol–water partition coefficient (Wildman–Crippen LogP) is 5.02. The fraction of sp³-hybridized carbons (Fsp3) is 0.650. The van der Waals surface area contributed by atoms with Crippen LogP contribution in [0.1, 0.15) is 64.7 Å². The van der Waals surface area contributed by atoms with E-state index >= 15 is 0 Å². The number of nitrogens with zero attached hydrogens (tertiary/aromatic N) is 3. The Bertz CT molecular complexity index is 621. The van der Waals surface area contributed by atoms with Gasteiger partial charge in [-0.05, 0) is 57.3 Å².